The van der Waals surface area contributed by atoms with E-state index in [9.17, 15) is 4.39 Å². The molecule has 1 aromatic heterocycles. The Labute approximate surface area is 156 Å². The van der Waals surface area contributed by atoms with Crippen LogP contribution in [0.4, 0.5) is 4.39 Å². The van der Waals surface area contributed by atoms with Crippen molar-refractivity contribution in [2.75, 3.05) is 14.2 Å². The zero-order chi connectivity index (χ0) is 18.5. The lowest BCUT2D eigenvalue weighted by atomic mass is 10.2. The second-order valence-corrected chi connectivity index (χ2v) is 6.48. The molecule has 3 rings (SSSR count). The van der Waals surface area contributed by atoms with Crippen LogP contribution >= 0.6 is 11.8 Å². The molecule has 7 heteroatoms. The molecule has 26 heavy (non-hydrogen) atoms. The Balaban J connectivity index is 1.78. The summed E-state index contributed by atoms with van der Waals surface area (Å²) in [6.45, 7) is 2.79. The quantitative estimate of drug-likeness (QED) is 0.574. The number of hydrogen-bond donors (Lipinski definition) is 0. The molecule has 0 aliphatic heterocycles. The largest absolute Gasteiger partial charge is 0.497 e. The molecule has 0 saturated heterocycles. The molecule has 0 radical (unpaired) electrons. The molecule has 3 aromatic rings. The van der Waals surface area contributed by atoms with Gasteiger partial charge in [0.15, 0.2) is 22.5 Å². The summed E-state index contributed by atoms with van der Waals surface area (Å²) in [5.74, 6) is 2.09. The molecule has 136 valence electrons. The fourth-order valence-corrected chi connectivity index (χ4v) is 3.53. The van der Waals surface area contributed by atoms with Crippen LogP contribution in [0.25, 0.3) is 11.4 Å². The molecule has 0 N–H and O–H groups in total. The first-order valence-corrected chi connectivity index (χ1v) is 9.17. The summed E-state index contributed by atoms with van der Waals surface area (Å²) in [5.41, 5.74) is 1.84. The van der Waals surface area contributed by atoms with Crippen molar-refractivity contribution in [3.8, 4) is 22.9 Å². The Morgan fingerprint density at radius 3 is 2.42 bits per heavy atom. The van der Waals surface area contributed by atoms with Crippen LogP contribution in [0.15, 0.2) is 47.6 Å². The standard InChI is InChI=1S/C19H20FN3O2S/c1-4-23-18(14-6-8-15(24-2)9-7-14)21-22-19(23)26-12-13-5-10-17(25-3)16(20)11-13/h5-11H,4,12H2,1-3H3. The molecule has 0 unspecified atom stereocenters. The van der Waals surface area contributed by atoms with Crippen LogP contribution in [-0.2, 0) is 12.3 Å². The van der Waals surface area contributed by atoms with E-state index < -0.39 is 0 Å². The normalized spacial score (nSPS) is 10.8. The van der Waals surface area contributed by atoms with Gasteiger partial charge < -0.3 is 14.0 Å². The topological polar surface area (TPSA) is 49.2 Å². The Morgan fingerprint density at radius 1 is 1.04 bits per heavy atom. The molecular weight excluding hydrogens is 353 g/mol. The van der Waals surface area contributed by atoms with Crippen LogP contribution in [-0.4, -0.2) is 29.0 Å². The minimum Gasteiger partial charge on any atom is -0.497 e. The minimum atomic E-state index is -0.360. The number of hydrogen-bond acceptors (Lipinski definition) is 5. The van der Waals surface area contributed by atoms with Gasteiger partial charge in [0, 0.05) is 17.9 Å². The number of benzene rings is 2. The first-order chi connectivity index (χ1) is 12.7. The van der Waals surface area contributed by atoms with Gasteiger partial charge >= 0.3 is 0 Å². The predicted octanol–water partition coefficient (Wildman–Crippen LogP) is 4.41. The molecule has 0 aliphatic carbocycles. The van der Waals surface area contributed by atoms with Crippen molar-refractivity contribution in [3.05, 3.63) is 53.8 Å². The van der Waals surface area contributed by atoms with Crippen molar-refractivity contribution in [2.24, 2.45) is 0 Å². The summed E-state index contributed by atoms with van der Waals surface area (Å²) in [5, 5.41) is 9.43. The van der Waals surface area contributed by atoms with E-state index in [1.54, 1.807) is 13.2 Å². The lowest BCUT2D eigenvalue weighted by Gasteiger charge is -2.08. The summed E-state index contributed by atoms with van der Waals surface area (Å²) < 4.78 is 26.0. The van der Waals surface area contributed by atoms with Crippen LogP contribution in [0.5, 0.6) is 11.5 Å². The van der Waals surface area contributed by atoms with Crippen LogP contribution in [0.1, 0.15) is 12.5 Å². The Bertz CT molecular complexity index is 881. The van der Waals surface area contributed by atoms with Crippen LogP contribution in [0.2, 0.25) is 0 Å². The molecule has 0 amide bonds. The molecule has 0 aliphatic rings. The molecule has 5 nitrogen and oxygen atoms in total. The maximum atomic E-state index is 13.8. The van der Waals surface area contributed by atoms with Crippen molar-refractivity contribution in [1.29, 1.82) is 0 Å². The highest BCUT2D eigenvalue weighted by atomic mass is 32.2. The molecule has 0 fully saturated rings. The Kier molecular flexibility index (Phi) is 5.78. The SMILES string of the molecule is CCn1c(SCc2ccc(OC)c(F)c2)nnc1-c1ccc(OC)cc1. The number of thioether (sulfide) groups is 1. The molecule has 0 saturated carbocycles. The molecule has 2 aromatic carbocycles. The lowest BCUT2D eigenvalue weighted by Crippen LogP contribution is -2.00. The van der Waals surface area contributed by atoms with E-state index in [4.69, 9.17) is 9.47 Å². The third-order valence-corrected chi connectivity index (χ3v) is 5.00. The van der Waals surface area contributed by atoms with E-state index in [0.717, 1.165) is 34.4 Å². The van der Waals surface area contributed by atoms with Crippen LogP contribution in [0, 0.1) is 5.82 Å². The van der Waals surface area contributed by atoms with Gasteiger partial charge in [-0.05, 0) is 48.9 Å². The van der Waals surface area contributed by atoms with Gasteiger partial charge in [0.2, 0.25) is 0 Å². The highest BCUT2D eigenvalue weighted by molar-refractivity contribution is 7.98. The second kappa shape index (κ2) is 8.23. The summed E-state index contributed by atoms with van der Waals surface area (Å²) in [4.78, 5) is 0. The monoisotopic (exact) mass is 373 g/mol. The molecule has 0 atom stereocenters. The van der Waals surface area contributed by atoms with Gasteiger partial charge in [0.05, 0.1) is 14.2 Å². The summed E-state index contributed by atoms with van der Waals surface area (Å²) in [6.07, 6.45) is 0. The predicted molar refractivity (Wildman–Crippen MR) is 100 cm³/mol. The van der Waals surface area contributed by atoms with Crippen LogP contribution in [0.3, 0.4) is 0 Å². The van der Waals surface area contributed by atoms with E-state index in [2.05, 4.69) is 10.2 Å². The minimum absolute atomic E-state index is 0.247. The van der Waals surface area contributed by atoms with E-state index in [1.807, 2.05) is 41.8 Å². The van der Waals surface area contributed by atoms with Crippen molar-refractivity contribution >= 4 is 11.8 Å². The zero-order valence-corrected chi connectivity index (χ0v) is 15.7. The van der Waals surface area contributed by atoms with Crippen molar-refractivity contribution in [1.82, 2.24) is 14.8 Å². The summed E-state index contributed by atoms with van der Waals surface area (Å²) in [7, 11) is 3.09. The second-order valence-electron chi connectivity index (χ2n) is 5.54. The fraction of sp³-hybridized carbons (Fsp3) is 0.263. The number of rotatable bonds is 7. The van der Waals surface area contributed by atoms with Gasteiger partial charge in [-0.2, -0.15) is 0 Å². The van der Waals surface area contributed by atoms with Gasteiger partial charge in [-0.25, -0.2) is 4.39 Å². The third kappa shape index (κ3) is 3.83. The number of aromatic nitrogens is 3. The lowest BCUT2D eigenvalue weighted by molar-refractivity contribution is 0.386. The first kappa shape index (κ1) is 18.3. The molecular formula is C19H20FN3O2S. The number of ether oxygens (including phenoxy) is 2. The summed E-state index contributed by atoms with van der Waals surface area (Å²) in [6, 6.07) is 12.7. The number of halogens is 1. The van der Waals surface area contributed by atoms with Gasteiger partial charge in [0.25, 0.3) is 0 Å². The Morgan fingerprint density at radius 2 is 1.81 bits per heavy atom. The number of nitrogens with zero attached hydrogens (tertiary/aromatic N) is 3. The van der Waals surface area contributed by atoms with Crippen molar-refractivity contribution in [3.63, 3.8) is 0 Å². The average molecular weight is 373 g/mol. The summed E-state index contributed by atoms with van der Waals surface area (Å²) >= 11 is 1.53. The maximum absolute atomic E-state index is 13.8. The molecule has 1 heterocycles. The van der Waals surface area contributed by atoms with Gasteiger partial charge in [-0.3, -0.25) is 0 Å². The fourth-order valence-electron chi connectivity index (χ4n) is 2.58. The van der Waals surface area contributed by atoms with Crippen molar-refractivity contribution < 1.29 is 13.9 Å². The van der Waals surface area contributed by atoms with E-state index in [0.29, 0.717) is 5.75 Å². The van der Waals surface area contributed by atoms with Crippen LogP contribution < -0.4 is 9.47 Å². The van der Waals surface area contributed by atoms with Gasteiger partial charge in [-0.1, -0.05) is 17.8 Å². The third-order valence-electron chi connectivity index (χ3n) is 3.97. The van der Waals surface area contributed by atoms with E-state index >= 15 is 0 Å². The Hall–Kier alpha value is -2.54. The van der Waals surface area contributed by atoms with Gasteiger partial charge in [0.1, 0.15) is 5.75 Å². The average Bonchev–Trinajstić information content (AvgIpc) is 3.09. The van der Waals surface area contributed by atoms with E-state index in [1.165, 1.54) is 24.9 Å². The molecule has 0 bridgehead atoms. The maximum Gasteiger partial charge on any atom is 0.191 e. The zero-order valence-electron chi connectivity index (χ0n) is 14.9. The highest BCUT2D eigenvalue weighted by Gasteiger charge is 2.14. The van der Waals surface area contributed by atoms with E-state index in [-0.39, 0.29) is 11.6 Å². The molecule has 0 spiro atoms. The van der Waals surface area contributed by atoms with Crippen molar-refractivity contribution in [2.45, 2.75) is 24.4 Å². The smallest absolute Gasteiger partial charge is 0.191 e. The first-order valence-electron chi connectivity index (χ1n) is 8.19. The number of methoxy groups -OCH3 is 2. The van der Waals surface area contributed by atoms with Gasteiger partial charge in [-0.15, -0.1) is 10.2 Å². The highest BCUT2D eigenvalue weighted by Crippen LogP contribution is 2.28.